The standard InChI is InChI=1S/C19H21NO/c1-15(21)11-18-14-20(12-16-7-3-2-4-8-16)13-17-9-5-6-10-19(17)18/h2-10,18H,11-14H2,1H3. The van der Waals surface area contributed by atoms with Crippen molar-refractivity contribution in [3.8, 4) is 0 Å². The first-order chi connectivity index (χ1) is 10.2. The molecule has 0 N–H and O–H groups in total. The number of nitrogens with zero attached hydrogens (tertiary/aromatic N) is 1. The second-order valence-electron chi connectivity index (χ2n) is 5.96. The SMILES string of the molecule is CC(=O)CC1CN(Cc2ccccc2)Cc2ccccc21. The van der Waals surface area contributed by atoms with Crippen molar-refractivity contribution in [2.24, 2.45) is 0 Å². The third-order valence-electron chi connectivity index (χ3n) is 4.15. The molecule has 1 aliphatic heterocycles. The molecule has 0 saturated carbocycles. The number of carbonyl (C=O) groups excluding carboxylic acids is 1. The molecule has 0 bridgehead atoms. The van der Waals surface area contributed by atoms with Crippen LogP contribution in [0, 0.1) is 0 Å². The molecule has 0 aliphatic carbocycles. The molecule has 2 aromatic rings. The smallest absolute Gasteiger partial charge is 0.130 e. The summed E-state index contributed by atoms with van der Waals surface area (Å²) < 4.78 is 0. The van der Waals surface area contributed by atoms with E-state index in [1.165, 1.54) is 16.7 Å². The van der Waals surface area contributed by atoms with Crippen molar-refractivity contribution in [2.75, 3.05) is 6.54 Å². The first-order valence-electron chi connectivity index (χ1n) is 7.56. The second kappa shape index (κ2) is 6.23. The molecule has 2 heteroatoms. The van der Waals surface area contributed by atoms with Gasteiger partial charge in [0.2, 0.25) is 0 Å². The van der Waals surface area contributed by atoms with Crippen LogP contribution in [0.3, 0.4) is 0 Å². The summed E-state index contributed by atoms with van der Waals surface area (Å²) in [4.78, 5) is 14.0. The van der Waals surface area contributed by atoms with Crippen LogP contribution in [0.4, 0.5) is 0 Å². The lowest BCUT2D eigenvalue weighted by molar-refractivity contribution is -0.117. The third kappa shape index (κ3) is 3.40. The average molecular weight is 279 g/mol. The summed E-state index contributed by atoms with van der Waals surface area (Å²) in [6.45, 7) is 4.58. The van der Waals surface area contributed by atoms with Gasteiger partial charge in [-0.15, -0.1) is 0 Å². The van der Waals surface area contributed by atoms with Crippen molar-refractivity contribution in [1.82, 2.24) is 4.90 Å². The highest BCUT2D eigenvalue weighted by Gasteiger charge is 2.25. The number of rotatable bonds is 4. The summed E-state index contributed by atoms with van der Waals surface area (Å²) in [6, 6.07) is 19.1. The second-order valence-corrected chi connectivity index (χ2v) is 5.96. The van der Waals surface area contributed by atoms with Gasteiger partial charge in [-0.3, -0.25) is 4.90 Å². The van der Waals surface area contributed by atoms with Crippen LogP contribution in [0.2, 0.25) is 0 Å². The van der Waals surface area contributed by atoms with Gasteiger partial charge >= 0.3 is 0 Å². The number of carbonyl (C=O) groups is 1. The first-order valence-corrected chi connectivity index (χ1v) is 7.56. The minimum Gasteiger partial charge on any atom is -0.300 e. The Labute approximate surface area is 126 Å². The maximum atomic E-state index is 11.6. The van der Waals surface area contributed by atoms with Crippen molar-refractivity contribution in [3.63, 3.8) is 0 Å². The van der Waals surface area contributed by atoms with E-state index in [0.29, 0.717) is 12.3 Å². The zero-order valence-corrected chi connectivity index (χ0v) is 12.5. The molecule has 0 saturated heterocycles. The maximum absolute atomic E-state index is 11.6. The fraction of sp³-hybridized carbons (Fsp3) is 0.316. The van der Waals surface area contributed by atoms with Crippen LogP contribution in [0.5, 0.6) is 0 Å². The summed E-state index contributed by atoms with van der Waals surface area (Å²) in [5.74, 6) is 0.604. The van der Waals surface area contributed by atoms with E-state index in [1.54, 1.807) is 6.92 Å². The van der Waals surface area contributed by atoms with Gasteiger partial charge < -0.3 is 4.79 Å². The zero-order chi connectivity index (χ0) is 14.7. The van der Waals surface area contributed by atoms with Gasteiger partial charge in [0.15, 0.2) is 0 Å². The summed E-state index contributed by atoms with van der Waals surface area (Å²) in [5, 5.41) is 0. The molecule has 0 spiro atoms. The molecule has 21 heavy (non-hydrogen) atoms. The van der Waals surface area contributed by atoms with E-state index in [1.807, 2.05) is 6.07 Å². The molecule has 2 aromatic carbocycles. The molecule has 0 radical (unpaired) electrons. The van der Waals surface area contributed by atoms with Gasteiger partial charge in [0.25, 0.3) is 0 Å². The van der Waals surface area contributed by atoms with E-state index < -0.39 is 0 Å². The molecule has 0 aromatic heterocycles. The topological polar surface area (TPSA) is 20.3 Å². The lowest BCUT2D eigenvalue weighted by atomic mass is 9.86. The predicted molar refractivity (Wildman–Crippen MR) is 85.0 cm³/mol. The number of hydrogen-bond acceptors (Lipinski definition) is 2. The monoisotopic (exact) mass is 279 g/mol. The quantitative estimate of drug-likeness (QED) is 0.849. The molecule has 1 atom stereocenters. The molecule has 1 unspecified atom stereocenters. The van der Waals surface area contributed by atoms with E-state index in [-0.39, 0.29) is 5.78 Å². The van der Waals surface area contributed by atoms with Crippen LogP contribution < -0.4 is 0 Å². The van der Waals surface area contributed by atoms with E-state index >= 15 is 0 Å². The van der Waals surface area contributed by atoms with Crippen LogP contribution in [0.15, 0.2) is 54.6 Å². The number of benzene rings is 2. The van der Waals surface area contributed by atoms with Gasteiger partial charge in [-0.2, -0.15) is 0 Å². The highest BCUT2D eigenvalue weighted by molar-refractivity contribution is 5.76. The normalized spacial score (nSPS) is 18.2. The van der Waals surface area contributed by atoms with Crippen LogP contribution in [0.25, 0.3) is 0 Å². The molecule has 1 aliphatic rings. The highest BCUT2D eigenvalue weighted by Crippen LogP contribution is 2.31. The number of hydrogen-bond donors (Lipinski definition) is 0. The van der Waals surface area contributed by atoms with Crippen LogP contribution >= 0.6 is 0 Å². The molecule has 0 amide bonds. The lowest BCUT2D eigenvalue weighted by Crippen LogP contribution is -2.33. The van der Waals surface area contributed by atoms with Crippen molar-refractivity contribution in [2.45, 2.75) is 32.4 Å². The Morgan fingerprint density at radius 2 is 1.81 bits per heavy atom. The summed E-state index contributed by atoms with van der Waals surface area (Å²) in [7, 11) is 0. The first kappa shape index (κ1) is 14.0. The highest BCUT2D eigenvalue weighted by atomic mass is 16.1. The van der Waals surface area contributed by atoms with Crippen molar-refractivity contribution < 1.29 is 4.79 Å². The summed E-state index contributed by atoms with van der Waals surface area (Å²) >= 11 is 0. The van der Waals surface area contributed by atoms with Gasteiger partial charge in [-0.1, -0.05) is 54.6 Å². The Morgan fingerprint density at radius 3 is 2.57 bits per heavy atom. The summed E-state index contributed by atoms with van der Waals surface area (Å²) in [5.41, 5.74) is 4.06. The molecule has 0 fully saturated rings. The summed E-state index contributed by atoms with van der Waals surface area (Å²) in [6.07, 6.45) is 0.641. The van der Waals surface area contributed by atoms with Gasteiger partial charge in [0, 0.05) is 32.0 Å². The van der Waals surface area contributed by atoms with Crippen LogP contribution in [-0.4, -0.2) is 17.2 Å². The Kier molecular flexibility index (Phi) is 4.16. The van der Waals surface area contributed by atoms with Crippen molar-refractivity contribution >= 4 is 5.78 Å². The fourth-order valence-electron chi connectivity index (χ4n) is 3.28. The Hall–Kier alpha value is -1.93. The van der Waals surface area contributed by atoms with Crippen molar-refractivity contribution in [3.05, 3.63) is 71.3 Å². The minimum atomic E-state index is 0.274. The molecule has 3 rings (SSSR count). The number of Topliss-reactive ketones (excluding diaryl/α,β-unsaturated/α-hetero) is 1. The lowest BCUT2D eigenvalue weighted by Gasteiger charge is -2.34. The van der Waals surface area contributed by atoms with Crippen molar-refractivity contribution in [1.29, 1.82) is 0 Å². The molecule has 108 valence electrons. The number of fused-ring (bicyclic) bond motifs is 1. The van der Waals surface area contributed by atoms with Gasteiger partial charge in [0.1, 0.15) is 5.78 Å². The predicted octanol–water partition coefficient (Wildman–Crippen LogP) is 3.77. The molecule has 1 heterocycles. The maximum Gasteiger partial charge on any atom is 0.130 e. The average Bonchev–Trinajstić information content (AvgIpc) is 2.48. The Bertz CT molecular complexity index is 620. The molecular weight excluding hydrogens is 258 g/mol. The number of ketones is 1. The fourth-order valence-corrected chi connectivity index (χ4v) is 3.28. The van der Waals surface area contributed by atoms with Gasteiger partial charge in [0.05, 0.1) is 0 Å². The van der Waals surface area contributed by atoms with Gasteiger partial charge in [-0.05, 0) is 23.6 Å². The van der Waals surface area contributed by atoms with E-state index in [4.69, 9.17) is 0 Å². The molecule has 2 nitrogen and oxygen atoms in total. The van der Waals surface area contributed by atoms with E-state index in [9.17, 15) is 4.79 Å². The third-order valence-corrected chi connectivity index (χ3v) is 4.15. The largest absolute Gasteiger partial charge is 0.300 e. The zero-order valence-electron chi connectivity index (χ0n) is 12.5. The van der Waals surface area contributed by atoms with E-state index in [2.05, 4.69) is 53.4 Å². The Morgan fingerprint density at radius 1 is 1.10 bits per heavy atom. The molecular formula is C19H21NO. The van der Waals surface area contributed by atoms with Crippen LogP contribution in [-0.2, 0) is 17.9 Å². The van der Waals surface area contributed by atoms with Crippen LogP contribution in [0.1, 0.15) is 36.0 Å². The Balaban J connectivity index is 1.81. The van der Waals surface area contributed by atoms with Gasteiger partial charge in [-0.25, -0.2) is 0 Å². The minimum absolute atomic E-state index is 0.274. The van der Waals surface area contributed by atoms with E-state index in [0.717, 1.165) is 19.6 Å².